The highest BCUT2D eigenvalue weighted by Crippen LogP contribution is 2.39. The summed E-state index contributed by atoms with van der Waals surface area (Å²) in [5, 5.41) is 2.20. The van der Waals surface area contributed by atoms with E-state index in [9.17, 15) is 0 Å². The Labute approximate surface area is 301 Å². The predicted octanol–water partition coefficient (Wildman–Crippen LogP) is 12.4. The quantitative estimate of drug-likeness (QED) is 0.182. The number of hydrogen-bond acceptors (Lipinski definition) is 3. The van der Waals surface area contributed by atoms with Gasteiger partial charge in [0.25, 0.3) is 0 Å². The van der Waals surface area contributed by atoms with Crippen molar-refractivity contribution >= 4 is 44.8 Å². The van der Waals surface area contributed by atoms with E-state index in [0.717, 1.165) is 55.8 Å². The Morgan fingerprint density at radius 2 is 1.22 bits per heavy atom. The van der Waals surface area contributed by atoms with Crippen LogP contribution in [0, 0.1) is 0 Å². The second kappa shape index (κ2) is 13.2. The van der Waals surface area contributed by atoms with Gasteiger partial charge in [-0.3, -0.25) is 4.57 Å². The summed E-state index contributed by atoms with van der Waals surface area (Å²) in [7, 11) is 0. The van der Waals surface area contributed by atoms with Gasteiger partial charge in [-0.25, -0.2) is 9.97 Å². The molecule has 0 radical (unpaired) electrons. The molecule has 4 heteroatoms. The molecule has 0 saturated heterocycles. The zero-order chi connectivity index (χ0) is 34.1. The first-order chi connectivity index (χ1) is 25.2. The summed E-state index contributed by atoms with van der Waals surface area (Å²) in [4.78, 5) is 13.0. The maximum Gasteiger partial charge on any atom is 0.235 e. The van der Waals surface area contributed by atoms with E-state index in [1.807, 2.05) is 12.1 Å². The molecule has 8 aromatic rings. The average Bonchev–Trinajstić information content (AvgIpc) is 3.80. The van der Waals surface area contributed by atoms with E-state index in [-0.39, 0.29) is 0 Å². The molecule has 0 unspecified atom stereocenters. The third-order valence-corrected chi connectivity index (χ3v) is 10.7. The molecule has 3 aromatic heterocycles. The van der Waals surface area contributed by atoms with Crippen LogP contribution in [0.3, 0.4) is 0 Å². The summed E-state index contributed by atoms with van der Waals surface area (Å²) in [6.45, 7) is 4.56. The third kappa shape index (κ3) is 5.76. The predicted molar refractivity (Wildman–Crippen MR) is 216 cm³/mol. The SMILES string of the molecule is C=C1/C=C\C=C/Cc2c(n(-c3nc(-c4ccc(-c5ccccc5)cc4)c4ccccc4n3)c3ccccc23)/C=C\1c1ccc(-c2ccccc2)s1. The minimum atomic E-state index is 0.641. The standard InChI is InChI=1S/C47H33N3S/c1-32-15-5-2-10-20-38-37-21-12-14-24-42(37)50(43(38)31-40(32)45-30-29-44(51-45)35-18-8-4-9-19-35)47-48-41-23-13-11-22-39(41)46(49-47)36-27-25-34(26-28-36)33-16-6-3-7-17-33/h2-19,21-31H,1,20H2/b10-2-,15-5-,40-31+. The van der Waals surface area contributed by atoms with Crippen LogP contribution in [-0.2, 0) is 6.42 Å². The molecule has 242 valence electrons. The van der Waals surface area contributed by atoms with Crippen molar-refractivity contribution in [1.82, 2.24) is 14.5 Å². The lowest BCUT2D eigenvalue weighted by atomic mass is 9.99. The number of benzene rings is 5. The summed E-state index contributed by atoms with van der Waals surface area (Å²) < 4.78 is 2.25. The third-order valence-electron chi connectivity index (χ3n) is 9.50. The van der Waals surface area contributed by atoms with Crippen molar-refractivity contribution in [1.29, 1.82) is 0 Å². The lowest BCUT2D eigenvalue weighted by Gasteiger charge is -2.14. The molecule has 9 rings (SSSR count). The van der Waals surface area contributed by atoms with Crippen molar-refractivity contribution in [2.45, 2.75) is 6.42 Å². The van der Waals surface area contributed by atoms with Gasteiger partial charge in [0.15, 0.2) is 0 Å². The fourth-order valence-electron chi connectivity index (χ4n) is 6.97. The molecule has 1 aliphatic rings. The summed E-state index contributed by atoms with van der Waals surface area (Å²) in [5.74, 6) is 0.641. The number of para-hydroxylation sites is 2. The Balaban J connectivity index is 1.27. The summed E-state index contributed by atoms with van der Waals surface area (Å²) in [5.41, 5.74) is 11.8. The number of hydrogen-bond donors (Lipinski definition) is 0. The molecule has 0 bridgehead atoms. The summed E-state index contributed by atoms with van der Waals surface area (Å²) >= 11 is 1.79. The number of rotatable bonds is 5. The molecule has 0 N–H and O–H groups in total. The second-order valence-electron chi connectivity index (χ2n) is 12.7. The molecule has 0 amide bonds. The van der Waals surface area contributed by atoms with Gasteiger partial charge in [0.1, 0.15) is 0 Å². The van der Waals surface area contributed by atoms with Crippen molar-refractivity contribution in [3.63, 3.8) is 0 Å². The second-order valence-corrected chi connectivity index (χ2v) is 13.7. The van der Waals surface area contributed by atoms with Crippen LogP contribution in [0.5, 0.6) is 0 Å². The van der Waals surface area contributed by atoms with Gasteiger partial charge in [-0.15, -0.1) is 11.3 Å². The molecule has 51 heavy (non-hydrogen) atoms. The molecular formula is C47H33N3S. The van der Waals surface area contributed by atoms with Crippen molar-refractivity contribution < 1.29 is 0 Å². The first-order valence-electron chi connectivity index (χ1n) is 17.2. The van der Waals surface area contributed by atoms with Crippen LogP contribution in [0.15, 0.2) is 182 Å². The van der Waals surface area contributed by atoms with E-state index in [0.29, 0.717) is 5.95 Å². The van der Waals surface area contributed by atoms with Crippen molar-refractivity contribution in [2.24, 2.45) is 0 Å². The molecule has 0 atom stereocenters. The minimum Gasteiger partial charge on any atom is -0.278 e. The van der Waals surface area contributed by atoms with Crippen LogP contribution < -0.4 is 0 Å². The van der Waals surface area contributed by atoms with Gasteiger partial charge in [0.2, 0.25) is 5.95 Å². The molecule has 0 saturated carbocycles. The van der Waals surface area contributed by atoms with E-state index >= 15 is 0 Å². The molecule has 0 spiro atoms. The monoisotopic (exact) mass is 671 g/mol. The van der Waals surface area contributed by atoms with Crippen molar-refractivity contribution in [3.8, 4) is 38.8 Å². The van der Waals surface area contributed by atoms with Gasteiger partial charge in [-0.05, 0) is 64.6 Å². The number of fused-ring (bicyclic) bond motifs is 4. The van der Waals surface area contributed by atoms with E-state index in [1.54, 1.807) is 11.3 Å². The molecule has 0 aliphatic heterocycles. The highest BCUT2D eigenvalue weighted by Gasteiger charge is 2.22. The maximum absolute atomic E-state index is 5.40. The molecule has 3 nitrogen and oxygen atoms in total. The van der Waals surface area contributed by atoms with Crippen LogP contribution in [0.25, 0.3) is 72.2 Å². The van der Waals surface area contributed by atoms with Crippen LogP contribution in [0.4, 0.5) is 0 Å². The van der Waals surface area contributed by atoms with Gasteiger partial charge < -0.3 is 0 Å². The number of allylic oxidation sites excluding steroid dienone is 6. The zero-order valence-corrected chi connectivity index (χ0v) is 28.7. The first kappa shape index (κ1) is 30.7. The van der Waals surface area contributed by atoms with Gasteiger partial charge >= 0.3 is 0 Å². The fourth-order valence-corrected chi connectivity index (χ4v) is 8.03. The van der Waals surface area contributed by atoms with E-state index in [4.69, 9.17) is 9.97 Å². The molecule has 0 fully saturated rings. The summed E-state index contributed by atoms with van der Waals surface area (Å²) in [6, 6.07) is 51.1. The van der Waals surface area contributed by atoms with Gasteiger partial charge in [-0.1, -0.05) is 152 Å². The largest absolute Gasteiger partial charge is 0.278 e. The zero-order valence-electron chi connectivity index (χ0n) is 27.9. The Hall–Kier alpha value is -6.36. The van der Waals surface area contributed by atoms with Crippen molar-refractivity contribution in [3.05, 3.63) is 198 Å². The van der Waals surface area contributed by atoms with Crippen LogP contribution in [0.1, 0.15) is 16.1 Å². The Morgan fingerprint density at radius 3 is 2.02 bits per heavy atom. The fraction of sp³-hybridized carbons (Fsp3) is 0.0213. The highest BCUT2D eigenvalue weighted by molar-refractivity contribution is 7.16. The van der Waals surface area contributed by atoms with Crippen molar-refractivity contribution in [2.75, 3.05) is 0 Å². The lowest BCUT2D eigenvalue weighted by molar-refractivity contribution is 0.965. The molecule has 3 heterocycles. The van der Waals surface area contributed by atoms with Crippen LogP contribution in [-0.4, -0.2) is 14.5 Å². The lowest BCUT2D eigenvalue weighted by Crippen LogP contribution is -2.06. The molecule has 1 aliphatic carbocycles. The Kier molecular flexibility index (Phi) is 7.92. The van der Waals surface area contributed by atoms with Crippen LogP contribution >= 0.6 is 11.3 Å². The van der Waals surface area contributed by atoms with E-state index in [1.165, 1.54) is 32.5 Å². The Bertz CT molecular complexity index is 2650. The molecular weight excluding hydrogens is 639 g/mol. The normalized spacial score (nSPS) is 15.3. The summed E-state index contributed by atoms with van der Waals surface area (Å²) in [6.07, 6.45) is 11.6. The highest BCUT2D eigenvalue weighted by atomic mass is 32.1. The van der Waals surface area contributed by atoms with E-state index in [2.05, 4.69) is 175 Å². The molecule has 5 aromatic carbocycles. The van der Waals surface area contributed by atoms with Gasteiger partial charge in [-0.2, -0.15) is 0 Å². The van der Waals surface area contributed by atoms with Gasteiger partial charge in [0.05, 0.1) is 22.4 Å². The smallest absolute Gasteiger partial charge is 0.235 e. The van der Waals surface area contributed by atoms with Crippen LogP contribution in [0.2, 0.25) is 0 Å². The number of thiophene rings is 1. The van der Waals surface area contributed by atoms with E-state index < -0.39 is 0 Å². The minimum absolute atomic E-state index is 0.641. The average molecular weight is 672 g/mol. The topological polar surface area (TPSA) is 30.7 Å². The maximum atomic E-state index is 5.40. The first-order valence-corrected chi connectivity index (χ1v) is 18.0. The number of aromatic nitrogens is 3. The number of nitrogens with zero attached hydrogens (tertiary/aromatic N) is 3. The van der Waals surface area contributed by atoms with Gasteiger partial charge in [0, 0.05) is 31.7 Å². The Morgan fingerprint density at radius 1 is 0.569 bits per heavy atom.